The zero-order valence-electron chi connectivity index (χ0n) is 32.3. The molecule has 10 aromatic rings. The average Bonchev–Trinajstić information content (AvgIpc) is 3.83. The normalized spacial score (nSPS) is 12.9. The third kappa shape index (κ3) is 4.93. The molecule has 10 rings (SSSR count). The molecule has 51 heavy (non-hydrogen) atoms. The lowest BCUT2D eigenvalue weighted by atomic mass is 9.94. The van der Waals surface area contributed by atoms with E-state index in [0.717, 1.165) is 81.4 Å². The lowest BCUT2D eigenvalue weighted by Crippen LogP contribution is -2.11. The van der Waals surface area contributed by atoms with Crippen molar-refractivity contribution >= 4 is 70.5 Å². The van der Waals surface area contributed by atoms with E-state index in [1.165, 1.54) is 0 Å². The number of fused-ring (bicyclic) bond motifs is 6. The Labute approximate surface area is 307 Å². The van der Waals surface area contributed by atoms with Crippen LogP contribution >= 0.6 is 11.3 Å². The molecule has 0 saturated carbocycles. The monoisotopic (exact) mass is 674 g/mol. The fourth-order valence-electron chi connectivity index (χ4n) is 7.32. The van der Waals surface area contributed by atoms with Gasteiger partial charge in [0.1, 0.15) is 11.2 Å². The Balaban J connectivity index is 1.26. The summed E-state index contributed by atoms with van der Waals surface area (Å²) in [6.07, 6.45) is 0. The van der Waals surface area contributed by atoms with Gasteiger partial charge in [0.15, 0.2) is 0 Å². The van der Waals surface area contributed by atoms with Gasteiger partial charge in [0.05, 0.1) is 23.6 Å². The number of hydrogen-bond acceptors (Lipinski definition) is 3. The van der Waals surface area contributed by atoms with Crippen molar-refractivity contribution in [3.05, 3.63) is 188 Å². The zero-order chi connectivity index (χ0) is 38.1. The SMILES string of the molecule is [2H]c1c([2H])c([2H])c(-c2ccc(N(c3ccc(-c4ccccc4-c4ccccc4)cc3)c3cccc4oc5ccccc5c34)c3c2sc2ccccc23)c([2H])c1[2H]. The van der Waals surface area contributed by atoms with E-state index >= 15 is 0 Å². The Morgan fingerprint density at radius 1 is 0.451 bits per heavy atom. The highest BCUT2D eigenvalue weighted by molar-refractivity contribution is 7.26. The molecule has 0 saturated heterocycles. The van der Waals surface area contributed by atoms with E-state index in [-0.39, 0.29) is 29.7 Å². The van der Waals surface area contributed by atoms with Gasteiger partial charge in [-0.25, -0.2) is 0 Å². The van der Waals surface area contributed by atoms with Crippen molar-refractivity contribution in [3.8, 4) is 33.4 Å². The molecule has 2 aromatic heterocycles. The second-order valence-electron chi connectivity index (χ2n) is 12.5. The molecule has 0 amide bonds. The molecule has 240 valence electrons. The van der Waals surface area contributed by atoms with Crippen molar-refractivity contribution in [1.29, 1.82) is 0 Å². The van der Waals surface area contributed by atoms with Gasteiger partial charge >= 0.3 is 0 Å². The minimum Gasteiger partial charge on any atom is -0.456 e. The van der Waals surface area contributed by atoms with E-state index in [9.17, 15) is 0 Å². The fraction of sp³-hybridized carbons (Fsp3) is 0. The summed E-state index contributed by atoms with van der Waals surface area (Å²) in [5, 5.41) is 3.92. The van der Waals surface area contributed by atoms with Crippen molar-refractivity contribution in [2.45, 2.75) is 0 Å². The highest BCUT2D eigenvalue weighted by Crippen LogP contribution is 2.50. The molecule has 2 heterocycles. The van der Waals surface area contributed by atoms with E-state index in [1.54, 1.807) is 11.3 Å². The minimum absolute atomic E-state index is 0.190. The van der Waals surface area contributed by atoms with Gasteiger partial charge < -0.3 is 9.32 Å². The molecule has 0 unspecified atom stereocenters. The Morgan fingerprint density at radius 3 is 1.90 bits per heavy atom. The van der Waals surface area contributed by atoms with Crippen molar-refractivity contribution in [1.82, 2.24) is 0 Å². The molecule has 0 N–H and O–H groups in total. The molecule has 0 aliphatic carbocycles. The van der Waals surface area contributed by atoms with Crippen LogP contribution in [0.3, 0.4) is 0 Å². The molecule has 0 atom stereocenters. The molecule has 0 radical (unpaired) electrons. The van der Waals surface area contributed by atoms with E-state index in [2.05, 4.69) is 102 Å². The lowest BCUT2D eigenvalue weighted by Gasteiger charge is -2.28. The second kappa shape index (κ2) is 12.2. The number of benzene rings is 8. The Hall–Kier alpha value is -6.42. The number of para-hydroxylation sites is 1. The Morgan fingerprint density at radius 2 is 1.10 bits per heavy atom. The number of hydrogen-bond donors (Lipinski definition) is 0. The first-order chi connectivity index (χ1) is 27.4. The third-order valence-electron chi connectivity index (χ3n) is 9.58. The first kappa shape index (κ1) is 24.7. The van der Waals surface area contributed by atoms with Crippen LogP contribution in [0.4, 0.5) is 17.1 Å². The number of nitrogens with zero attached hydrogens (tertiary/aromatic N) is 1. The topological polar surface area (TPSA) is 16.4 Å². The summed E-state index contributed by atoms with van der Waals surface area (Å²) < 4.78 is 51.3. The van der Waals surface area contributed by atoms with Gasteiger partial charge in [-0.3, -0.25) is 0 Å². The van der Waals surface area contributed by atoms with Crippen molar-refractivity contribution in [2.24, 2.45) is 0 Å². The van der Waals surface area contributed by atoms with Crippen LogP contribution in [-0.2, 0) is 0 Å². The van der Waals surface area contributed by atoms with Crippen LogP contribution in [0.2, 0.25) is 0 Å². The Bertz CT molecular complexity index is 3120. The summed E-state index contributed by atoms with van der Waals surface area (Å²) in [5.41, 5.74) is 9.63. The number of rotatable bonds is 6. The van der Waals surface area contributed by atoms with Crippen LogP contribution in [-0.4, -0.2) is 0 Å². The van der Waals surface area contributed by atoms with E-state index in [1.807, 2.05) is 60.7 Å². The first-order valence-corrected chi connectivity index (χ1v) is 17.7. The first-order valence-electron chi connectivity index (χ1n) is 19.4. The fourth-order valence-corrected chi connectivity index (χ4v) is 8.57. The quantitative estimate of drug-likeness (QED) is 0.175. The highest BCUT2D eigenvalue weighted by atomic mass is 32.1. The predicted molar refractivity (Wildman–Crippen MR) is 218 cm³/mol. The molecular formula is C48H31NOS. The third-order valence-corrected chi connectivity index (χ3v) is 10.8. The summed E-state index contributed by atoms with van der Waals surface area (Å²) in [6, 6.07) is 52.3. The molecule has 0 fully saturated rings. The molecule has 2 nitrogen and oxygen atoms in total. The van der Waals surface area contributed by atoms with Crippen LogP contribution in [0.1, 0.15) is 6.85 Å². The van der Waals surface area contributed by atoms with Gasteiger partial charge in [-0.1, -0.05) is 145 Å². The van der Waals surface area contributed by atoms with Crippen molar-refractivity contribution in [2.75, 3.05) is 4.90 Å². The largest absolute Gasteiger partial charge is 0.456 e. The summed E-state index contributed by atoms with van der Waals surface area (Å²) in [6.45, 7) is 0. The summed E-state index contributed by atoms with van der Waals surface area (Å²) >= 11 is 1.56. The summed E-state index contributed by atoms with van der Waals surface area (Å²) in [7, 11) is 0. The molecular weight excluding hydrogens is 639 g/mol. The number of furan rings is 1. The van der Waals surface area contributed by atoms with Gasteiger partial charge in [0.2, 0.25) is 0 Å². The second-order valence-corrected chi connectivity index (χ2v) is 13.5. The maximum absolute atomic E-state index is 8.91. The number of anilines is 3. The smallest absolute Gasteiger partial charge is 0.137 e. The molecule has 0 aliphatic rings. The van der Waals surface area contributed by atoms with Crippen LogP contribution < -0.4 is 4.90 Å². The van der Waals surface area contributed by atoms with Gasteiger partial charge in [-0.2, -0.15) is 0 Å². The van der Waals surface area contributed by atoms with Crippen LogP contribution in [0, 0.1) is 0 Å². The van der Waals surface area contributed by atoms with E-state index < -0.39 is 6.04 Å². The molecule has 0 spiro atoms. The van der Waals surface area contributed by atoms with E-state index in [0.29, 0.717) is 5.56 Å². The average molecular weight is 675 g/mol. The van der Waals surface area contributed by atoms with Crippen molar-refractivity contribution in [3.63, 3.8) is 0 Å². The van der Waals surface area contributed by atoms with Gasteiger partial charge in [-0.15, -0.1) is 11.3 Å². The maximum atomic E-state index is 8.91. The molecule has 0 bridgehead atoms. The van der Waals surface area contributed by atoms with Crippen LogP contribution in [0.15, 0.2) is 192 Å². The van der Waals surface area contributed by atoms with Crippen LogP contribution in [0.25, 0.3) is 75.5 Å². The molecule has 8 aromatic carbocycles. The van der Waals surface area contributed by atoms with Gasteiger partial charge in [0, 0.05) is 31.2 Å². The summed E-state index contributed by atoms with van der Waals surface area (Å²) in [5.74, 6) is 0. The van der Waals surface area contributed by atoms with E-state index in [4.69, 9.17) is 11.3 Å². The van der Waals surface area contributed by atoms with Gasteiger partial charge in [-0.05, 0) is 75.8 Å². The summed E-state index contributed by atoms with van der Waals surface area (Å²) in [4.78, 5) is 2.27. The van der Waals surface area contributed by atoms with Gasteiger partial charge in [0.25, 0.3) is 0 Å². The maximum Gasteiger partial charge on any atom is 0.137 e. The Kier molecular flexibility index (Phi) is 5.89. The predicted octanol–water partition coefficient (Wildman–Crippen LogP) is 14.4. The molecule has 3 heteroatoms. The van der Waals surface area contributed by atoms with Crippen molar-refractivity contribution < 1.29 is 11.3 Å². The zero-order valence-corrected chi connectivity index (χ0v) is 28.1. The standard InChI is InChI=1S/C48H31NOS/c1-3-14-32(15-4-1)36-18-7-8-19-37(36)34-26-28-35(29-27-34)49(41-22-13-24-44-46(41)39-20-9-11-23-43(39)50-44)42-31-30-38(33-16-5-2-6-17-33)48-47(42)40-21-10-12-25-45(40)51-48/h1-31H/i2D,5D,6D,16D,17D. The number of thiophene rings is 1. The highest BCUT2D eigenvalue weighted by Gasteiger charge is 2.24. The van der Waals surface area contributed by atoms with Crippen LogP contribution in [0.5, 0.6) is 0 Å². The lowest BCUT2D eigenvalue weighted by molar-refractivity contribution is 0.669. The molecule has 0 aliphatic heterocycles. The minimum atomic E-state index is -0.408.